The fraction of sp³-hybridized carbons (Fsp3) is 0.333. The first-order valence-corrected chi connectivity index (χ1v) is 9.51. The molecule has 2 aromatic rings. The Labute approximate surface area is 132 Å². The minimum atomic E-state index is -3.54. The second-order valence-electron chi connectivity index (χ2n) is 5.52. The largest absolute Gasteiger partial charge is 0.448 e. The van der Waals surface area contributed by atoms with Crippen molar-refractivity contribution in [1.29, 1.82) is 0 Å². The number of rotatable bonds is 3. The molecule has 116 valence electrons. The van der Waals surface area contributed by atoms with E-state index in [1.807, 2.05) is 0 Å². The first-order chi connectivity index (χ1) is 10.6. The van der Waals surface area contributed by atoms with Gasteiger partial charge >= 0.3 is 0 Å². The van der Waals surface area contributed by atoms with Gasteiger partial charge in [0.15, 0.2) is 11.5 Å². The Balaban J connectivity index is 1.59. The zero-order chi connectivity index (χ0) is 15.2. The van der Waals surface area contributed by atoms with Gasteiger partial charge in [-0.3, -0.25) is 4.72 Å². The quantitative estimate of drug-likeness (QED) is 0.929. The monoisotopic (exact) mass is 337 g/mol. The van der Waals surface area contributed by atoms with Crippen molar-refractivity contribution >= 4 is 27.0 Å². The van der Waals surface area contributed by atoms with Gasteiger partial charge in [0.1, 0.15) is 4.21 Å². The fourth-order valence-corrected chi connectivity index (χ4v) is 4.94. The second-order valence-corrected chi connectivity index (χ2v) is 8.38. The number of ether oxygens (including phenoxy) is 2. The molecule has 0 unspecified atom stereocenters. The van der Waals surface area contributed by atoms with Crippen LogP contribution >= 0.6 is 11.3 Å². The summed E-state index contributed by atoms with van der Waals surface area (Å²) in [5.74, 6) is 0.752. The van der Waals surface area contributed by atoms with Crippen molar-refractivity contribution in [3.63, 3.8) is 0 Å². The Bertz CT molecular complexity index is 793. The topological polar surface area (TPSA) is 64.6 Å². The van der Waals surface area contributed by atoms with Gasteiger partial charge in [0.25, 0.3) is 15.8 Å². The molecule has 1 aromatic heterocycles. The number of thiophene rings is 1. The lowest BCUT2D eigenvalue weighted by atomic mass is 10.2. The Morgan fingerprint density at radius 1 is 1.09 bits per heavy atom. The lowest BCUT2D eigenvalue weighted by molar-refractivity contribution is -0.0716. The van der Waals surface area contributed by atoms with Crippen molar-refractivity contribution in [2.45, 2.75) is 35.7 Å². The Kier molecular flexibility index (Phi) is 3.09. The molecule has 0 amide bonds. The molecular weight excluding hydrogens is 322 g/mol. The summed E-state index contributed by atoms with van der Waals surface area (Å²) in [5.41, 5.74) is 0.478. The highest BCUT2D eigenvalue weighted by Crippen LogP contribution is 2.47. The van der Waals surface area contributed by atoms with E-state index in [1.165, 1.54) is 11.3 Å². The predicted octanol–water partition coefficient (Wildman–Crippen LogP) is 3.59. The lowest BCUT2D eigenvalue weighted by Crippen LogP contribution is -2.34. The summed E-state index contributed by atoms with van der Waals surface area (Å²) in [4.78, 5) is 0. The smallest absolute Gasteiger partial charge is 0.271 e. The summed E-state index contributed by atoms with van der Waals surface area (Å²) >= 11 is 1.18. The fourth-order valence-electron chi connectivity index (χ4n) is 2.90. The highest BCUT2D eigenvalue weighted by Gasteiger charge is 2.44. The third-order valence-corrected chi connectivity index (χ3v) is 6.69. The van der Waals surface area contributed by atoms with E-state index in [0.29, 0.717) is 17.2 Å². The first kappa shape index (κ1) is 13.9. The molecule has 22 heavy (non-hydrogen) atoms. The van der Waals surface area contributed by atoms with Crippen molar-refractivity contribution in [2.75, 3.05) is 4.72 Å². The molecule has 5 nitrogen and oxygen atoms in total. The van der Waals surface area contributed by atoms with Gasteiger partial charge in [0.2, 0.25) is 0 Å². The zero-order valence-corrected chi connectivity index (χ0v) is 13.4. The molecule has 2 aliphatic rings. The van der Waals surface area contributed by atoms with E-state index >= 15 is 0 Å². The Morgan fingerprint density at radius 3 is 2.59 bits per heavy atom. The maximum absolute atomic E-state index is 12.2. The van der Waals surface area contributed by atoms with Crippen LogP contribution in [0.4, 0.5) is 5.69 Å². The molecule has 1 saturated carbocycles. The molecule has 2 heterocycles. The minimum Gasteiger partial charge on any atom is -0.448 e. The summed E-state index contributed by atoms with van der Waals surface area (Å²) in [6.45, 7) is 0. The van der Waals surface area contributed by atoms with Crippen LogP contribution in [-0.4, -0.2) is 14.2 Å². The summed E-state index contributed by atoms with van der Waals surface area (Å²) in [5, 5.41) is 1.73. The number of benzene rings is 1. The Morgan fingerprint density at radius 2 is 1.86 bits per heavy atom. The molecule has 1 aromatic carbocycles. The second kappa shape index (κ2) is 4.89. The van der Waals surface area contributed by atoms with Crippen LogP contribution in [0.3, 0.4) is 0 Å². The molecule has 0 atom stereocenters. The third kappa shape index (κ3) is 2.34. The molecule has 4 rings (SSSR count). The maximum atomic E-state index is 12.2. The number of hydrogen-bond donors (Lipinski definition) is 1. The SMILES string of the molecule is O=S(=O)(Nc1ccc2c(c1)OC1(CCCC1)O2)c1cccs1. The summed E-state index contributed by atoms with van der Waals surface area (Å²) in [6, 6.07) is 8.43. The van der Waals surface area contributed by atoms with Crippen LogP contribution in [0.2, 0.25) is 0 Å². The van der Waals surface area contributed by atoms with Gasteiger partial charge < -0.3 is 9.47 Å². The molecule has 0 bridgehead atoms. The van der Waals surface area contributed by atoms with E-state index in [1.54, 1.807) is 35.7 Å². The molecule has 1 aliphatic carbocycles. The average molecular weight is 337 g/mol. The van der Waals surface area contributed by atoms with Crippen LogP contribution in [0.1, 0.15) is 25.7 Å². The summed E-state index contributed by atoms with van der Waals surface area (Å²) < 4.78 is 39.2. The van der Waals surface area contributed by atoms with Gasteiger partial charge in [-0.1, -0.05) is 6.07 Å². The van der Waals surface area contributed by atoms with Crippen LogP contribution in [-0.2, 0) is 10.0 Å². The predicted molar refractivity (Wildman–Crippen MR) is 84.0 cm³/mol. The van der Waals surface area contributed by atoms with Crippen LogP contribution in [0, 0.1) is 0 Å². The van der Waals surface area contributed by atoms with Gasteiger partial charge in [-0.05, 0) is 36.4 Å². The first-order valence-electron chi connectivity index (χ1n) is 7.15. The van der Waals surface area contributed by atoms with Crippen LogP contribution < -0.4 is 14.2 Å². The molecule has 1 N–H and O–H groups in total. The van der Waals surface area contributed by atoms with E-state index in [-0.39, 0.29) is 4.21 Å². The Hall–Kier alpha value is -1.73. The van der Waals surface area contributed by atoms with Crippen LogP contribution in [0.15, 0.2) is 39.9 Å². The minimum absolute atomic E-state index is 0.289. The van der Waals surface area contributed by atoms with E-state index in [2.05, 4.69) is 4.72 Å². The van der Waals surface area contributed by atoms with Gasteiger partial charge in [-0.15, -0.1) is 11.3 Å². The molecular formula is C15H15NO4S2. The number of fused-ring (bicyclic) bond motifs is 1. The summed E-state index contributed by atoms with van der Waals surface area (Å²) in [7, 11) is -3.54. The molecule has 1 fully saturated rings. The van der Waals surface area contributed by atoms with Crippen molar-refractivity contribution in [3.8, 4) is 11.5 Å². The number of nitrogens with one attached hydrogen (secondary N) is 1. The zero-order valence-electron chi connectivity index (χ0n) is 11.7. The number of anilines is 1. The van der Waals surface area contributed by atoms with E-state index in [9.17, 15) is 8.42 Å². The van der Waals surface area contributed by atoms with Gasteiger partial charge in [0.05, 0.1) is 5.69 Å². The van der Waals surface area contributed by atoms with E-state index < -0.39 is 15.8 Å². The lowest BCUT2D eigenvalue weighted by Gasteiger charge is -2.21. The normalized spacial score (nSPS) is 18.7. The van der Waals surface area contributed by atoms with E-state index in [0.717, 1.165) is 25.7 Å². The van der Waals surface area contributed by atoms with Gasteiger partial charge in [-0.25, -0.2) is 8.42 Å². The third-order valence-electron chi connectivity index (χ3n) is 3.91. The van der Waals surface area contributed by atoms with Crippen LogP contribution in [0.25, 0.3) is 0 Å². The molecule has 0 radical (unpaired) electrons. The molecule has 0 saturated heterocycles. The number of sulfonamides is 1. The molecule has 1 aliphatic heterocycles. The molecule has 7 heteroatoms. The highest BCUT2D eigenvalue weighted by molar-refractivity contribution is 7.94. The highest BCUT2D eigenvalue weighted by atomic mass is 32.2. The average Bonchev–Trinajstić information content (AvgIpc) is 3.19. The van der Waals surface area contributed by atoms with Crippen LogP contribution in [0.5, 0.6) is 11.5 Å². The van der Waals surface area contributed by atoms with Gasteiger partial charge in [-0.2, -0.15) is 0 Å². The van der Waals surface area contributed by atoms with Crippen molar-refractivity contribution in [1.82, 2.24) is 0 Å². The van der Waals surface area contributed by atoms with Crippen molar-refractivity contribution in [2.24, 2.45) is 0 Å². The van der Waals surface area contributed by atoms with Gasteiger partial charge in [0, 0.05) is 18.9 Å². The van der Waals surface area contributed by atoms with Crippen molar-refractivity contribution in [3.05, 3.63) is 35.7 Å². The van der Waals surface area contributed by atoms with Crippen molar-refractivity contribution < 1.29 is 17.9 Å². The number of hydrogen-bond acceptors (Lipinski definition) is 5. The summed E-state index contributed by atoms with van der Waals surface area (Å²) in [6.07, 6.45) is 3.92. The van der Waals surface area contributed by atoms with E-state index in [4.69, 9.17) is 9.47 Å². The molecule has 1 spiro atoms. The maximum Gasteiger partial charge on any atom is 0.271 e. The standard InChI is InChI=1S/C15H15NO4S2/c17-22(18,14-4-3-9-21-14)16-11-5-6-12-13(10-11)20-15(19-12)7-1-2-8-15/h3-6,9-10,16H,1-2,7-8H2.